The smallest absolute Gasteiger partial charge is 0.244 e. The van der Waals surface area contributed by atoms with Gasteiger partial charge in [-0.1, -0.05) is 48.5 Å². The second kappa shape index (κ2) is 8.62. The van der Waals surface area contributed by atoms with Gasteiger partial charge in [0.05, 0.1) is 6.04 Å². The molecule has 2 aromatic carbocycles. The number of hydrogen-bond donors (Lipinski definition) is 1. The van der Waals surface area contributed by atoms with Crippen LogP contribution >= 0.6 is 0 Å². The van der Waals surface area contributed by atoms with Crippen molar-refractivity contribution in [2.45, 2.75) is 13.0 Å². The van der Waals surface area contributed by atoms with Crippen molar-refractivity contribution in [3.63, 3.8) is 0 Å². The Bertz CT molecular complexity index is 877. The summed E-state index contributed by atoms with van der Waals surface area (Å²) in [6.07, 6.45) is 5.02. The van der Waals surface area contributed by atoms with Crippen molar-refractivity contribution in [1.29, 1.82) is 0 Å². The fraction of sp³-hybridized carbons (Fsp3) is 0.0909. The van der Waals surface area contributed by atoms with Crippen LogP contribution in [0.2, 0.25) is 0 Å². The van der Waals surface area contributed by atoms with Gasteiger partial charge in [0, 0.05) is 18.3 Å². The second-order valence-electron chi connectivity index (χ2n) is 5.82. The molecule has 3 aromatic rings. The van der Waals surface area contributed by atoms with Crippen molar-refractivity contribution in [3.05, 3.63) is 96.2 Å². The quantitative estimate of drug-likeness (QED) is 0.656. The predicted octanol–water partition coefficient (Wildman–Crippen LogP) is 4.76. The first-order valence-electron chi connectivity index (χ1n) is 8.43. The van der Waals surface area contributed by atoms with Gasteiger partial charge in [0.1, 0.15) is 5.75 Å². The zero-order valence-electron chi connectivity index (χ0n) is 14.5. The number of nitrogens with zero attached hydrogens (tertiary/aromatic N) is 1. The summed E-state index contributed by atoms with van der Waals surface area (Å²) in [6.45, 7) is 1.94. The third kappa shape index (κ3) is 5.05. The Morgan fingerprint density at radius 3 is 2.62 bits per heavy atom. The van der Waals surface area contributed by atoms with Crippen LogP contribution in [0.25, 0.3) is 6.08 Å². The monoisotopic (exact) mass is 344 g/mol. The number of rotatable bonds is 6. The van der Waals surface area contributed by atoms with Crippen LogP contribution in [0.5, 0.6) is 11.6 Å². The normalized spacial score (nSPS) is 11.9. The highest BCUT2D eigenvalue weighted by atomic mass is 16.5. The minimum absolute atomic E-state index is 0.141. The number of nitrogens with one attached hydrogen (secondary N) is 1. The molecule has 0 aliphatic rings. The van der Waals surface area contributed by atoms with Crippen LogP contribution in [0.1, 0.15) is 24.1 Å². The zero-order valence-corrected chi connectivity index (χ0v) is 14.5. The molecule has 26 heavy (non-hydrogen) atoms. The van der Waals surface area contributed by atoms with E-state index in [0.29, 0.717) is 11.6 Å². The average molecular weight is 344 g/mol. The number of carbonyl (C=O) groups is 1. The Kier molecular flexibility index (Phi) is 5.78. The molecule has 130 valence electrons. The molecule has 0 fully saturated rings. The highest BCUT2D eigenvalue weighted by Gasteiger charge is 2.09. The lowest BCUT2D eigenvalue weighted by atomic mass is 10.1. The maximum atomic E-state index is 12.1. The fourth-order valence-electron chi connectivity index (χ4n) is 2.46. The van der Waals surface area contributed by atoms with Gasteiger partial charge in [-0.15, -0.1) is 0 Å². The number of aromatic nitrogens is 1. The van der Waals surface area contributed by atoms with Crippen molar-refractivity contribution >= 4 is 12.0 Å². The molecule has 0 saturated heterocycles. The largest absolute Gasteiger partial charge is 0.439 e. The fourth-order valence-corrected chi connectivity index (χ4v) is 2.46. The summed E-state index contributed by atoms with van der Waals surface area (Å²) in [7, 11) is 0. The third-order valence-corrected chi connectivity index (χ3v) is 3.80. The van der Waals surface area contributed by atoms with Gasteiger partial charge < -0.3 is 10.1 Å². The van der Waals surface area contributed by atoms with Crippen molar-refractivity contribution in [2.24, 2.45) is 0 Å². The van der Waals surface area contributed by atoms with Gasteiger partial charge in [-0.3, -0.25) is 4.79 Å². The topological polar surface area (TPSA) is 51.2 Å². The van der Waals surface area contributed by atoms with Crippen molar-refractivity contribution < 1.29 is 9.53 Å². The van der Waals surface area contributed by atoms with Crippen molar-refractivity contribution in [1.82, 2.24) is 10.3 Å². The van der Waals surface area contributed by atoms with E-state index in [1.54, 1.807) is 24.4 Å². The maximum absolute atomic E-state index is 12.1. The molecular formula is C22H20N2O2. The predicted molar refractivity (Wildman–Crippen MR) is 103 cm³/mol. The maximum Gasteiger partial charge on any atom is 0.244 e. The Balaban J connectivity index is 1.62. The van der Waals surface area contributed by atoms with Crippen LogP contribution in [0.4, 0.5) is 0 Å². The van der Waals surface area contributed by atoms with Crippen molar-refractivity contribution in [3.8, 4) is 11.6 Å². The number of ether oxygens (including phenoxy) is 1. The molecule has 1 amide bonds. The van der Waals surface area contributed by atoms with Gasteiger partial charge in [0.25, 0.3) is 0 Å². The molecule has 3 rings (SSSR count). The van der Waals surface area contributed by atoms with E-state index in [1.807, 2.05) is 73.7 Å². The lowest BCUT2D eigenvalue weighted by Gasteiger charge is -2.14. The molecule has 0 aliphatic heterocycles. The molecule has 0 bridgehead atoms. The van der Waals surface area contributed by atoms with E-state index in [0.717, 1.165) is 11.1 Å². The number of amides is 1. The summed E-state index contributed by atoms with van der Waals surface area (Å²) in [5.41, 5.74) is 1.95. The molecule has 1 N–H and O–H groups in total. The lowest BCUT2D eigenvalue weighted by Crippen LogP contribution is -2.24. The van der Waals surface area contributed by atoms with E-state index < -0.39 is 0 Å². The van der Waals surface area contributed by atoms with E-state index in [1.165, 1.54) is 0 Å². The molecule has 0 aliphatic carbocycles. The first-order chi connectivity index (χ1) is 12.7. The standard InChI is InChI=1S/C22H20N2O2/c1-17(24-21(25)14-13-18-8-3-2-4-9-18)19-10-7-11-20(16-19)26-22-12-5-6-15-23-22/h2-17H,1H3,(H,24,25)/b14-13+/t17-/m0/s1. The molecule has 0 radical (unpaired) electrons. The molecule has 0 saturated carbocycles. The summed E-state index contributed by atoms with van der Waals surface area (Å²) >= 11 is 0. The van der Waals surface area contributed by atoms with Gasteiger partial charge in [-0.2, -0.15) is 0 Å². The first-order valence-corrected chi connectivity index (χ1v) is 8.43. The Labute approximate surface area is 153 Å². The van der Waals surface area contributed by atoms with E-state index in [-0.39, 0.29) is 11.9 Å². The number of carbonyl (C=O) groups excluding carboxylic acids is 1. The summed E-state index contributed by atoms with van der Waals surface area (Å²) in [6, 6.07) is 22.7. The lowest BCUT2D eigenvalue weighted by molar-refractivity contribution is -0.117. The summed E-state index contributed by atoms with van der Waals surface area (Å²) in [5, 5.41) is 2.96. The molecular weight excluding hydrogens is 324 g/mol. The second-order valence-corrected chi connectivity index (χ2v) is 5.82. The van der Waals surface area contributed by atoms with E-state index >= 15 is 0 Å². The van der Waals surface area contributed by atoms with Gasteiger partial charge >= 0.3 is 0 Å². The third-order valence-electron chi connectivity index (χ3n) is 3.80. The van der Waals surface area contributed by atoms with Gasteiger partial charge in [0.15, 0.2) is 0 Å². The number of benzene rings is 2. The van der Waals surface area contributed by atoms with Gasteiger partial charge in [-0.05, 0) is 42.3 Å². The van der Waals surface area contributed by atoms with Crippen molar-refractivity contribution in [2.75, 3.05) is 0 Å². The van der Waals surface area contributed by atoms with E-state index in [2.05, 4.69) is 10.3 Å². The molecule has 0 spiro atoms. The van der Waals surface area contributed by atoms with Gasteiger partial charge in [-0.25, -0.2) is 4.98 Å². The van der Waals surface area contributed by atoms with Crippen LogP contribution < -0.4 is 10.1 Å². The molecule has 1 aromatic heterocycles. The number of pyridine rings is 1. The van der Waals surface area contributed by atoms with Crippen LogP contribution in [0, 0.1) is 0 Å². The Hall–Kier alpha value is -3.40. The molecule has 0 unspecified atom stereocenters. The zero-order chi connectivity index (χ0) is 18.2. The van der Waals surface area contributed by atoms with Crippen LogP contribution in [0.15, 0.2) is 85.1 Å². The molecule has 4 heteroatoms. The first kappa shape index (κ1) is 17.4. The number of hydrogen-bond acceptors (Lipinski definition) is 3. The minimum atomic E-state index is -0.143. The Morgan fingerprint density at radius 1 is 1.04 bits per heavy atom. The SMILES string of the molecule is C[C@H](NC(=O)/C=C/c1ccccc1)c1cccc(Oc2ccccn2)c1. The highest BCUT2D eigenvalue weighted by molar-refractivity contribution is 5.91. The summed E-state index contributed by atoms with van der Waals surface area (Å²) in [5.74, 6) is 1.08. The molecule has 4 nitrogen and oxygen atoms in total. The minimum Gasteiger partial charge on any atom is -0.439 e. The van der Waals surface area contributed by atoms with E-state index in [9.17, 15) is 4.79 Å². The van der Waals surface area contributed by atoms with E-state index in [4.69, 9.17) is 4.74 Å². The Morgan fingerprint density at radius 2 is 1.85 bits per heavy atom. The van der Waals surface area contributed by atoms with Gasteiger partial charge in [0.2, 0.25) is 11.8 Å². The molecule has 1 atom stereocenters. The summed E-state index contributed by atoms with van der Waals surface area (Å²) < 4.78 is 5.74. The van der Waals surface area contributed by atoms with Crippen LogP contribution in [0.3, 0.4) is 0 Å². The highest BCUT2D eigenvalue weighted by Crippen LogP contribution is 2.23. The summed E-state index contributed by atoms with van der Waals surface area (Å²) in [4.78, 5) is 16.3. The average Bonchev–Trinajstić information content (AvgIpc) is 2.68. The van der Waals surface area contributed by atoms with Crippen LogP contribution in [-0.2, 0) is 4.79 Å². The molecule has 1 heterocycles. The van der Waals surface area contributed by atoms with Crippen LogP contribution in [-0.4, -0.2) is 10.9 Å².